The predicted octanol–water partition coefficient (Wildman–Crippen LogP) is 3.33. The summed E-state index contributed by atoms with van der Waals surface area (Å²) in [5.74, 6) is 1.52. The van der Waals surface area contributed by atoms with Crippen LogP contribution in [0.4, 0.5) is 0 Å². The molecular formula is C17H25NO2. The minimum atomic E-state index is -0.416. The Balaban J connectivity index is 2.02. The number of carbonyl (C=O) groups excluding carboxylic acids is 1. The highest BCUT2D eigenvalue weighted by Gasteiger charge is 2.26. The topological polar surface area (TPSA) is 29.5 Å². The van der Waals surface area contributed by atoms with Gasteiger partial charge >= 0.3 is 0 Å². The third-order valence-corrected chi connectivity index (χ3v) is 4.18. The number of nitrogens with zero attached hydrogens (tertiary/aromatic N) is 1. The number of likely N-dealkylation sites (tertiary alicyclic amines) is 1. The van der Waals surface area contributed by atoms with Crippen LogP contribution in [0.15, 0.2) is 18.2 Å². The predicted molar refractivity (Wildman–Crippen MR) is 81.0 cm³/mol. The van der Waals surface area contributed by atoms with Crippen LogP contribution in [0.1, 0.15) is 37.8 Å². The molecule has 0 radical (unpaired) electrons. The minimum Gasteiger partial charge on any atom is -0.481 e. The molecule has 0 bridgehead atoms. The summed E-state index contributed by atoms with van der Waals surface area (Å²) in [6.07, 6.45) is 1.90. The van der Waals surface area contributed by atoms with Gasteiger partial charge in [0.15, 0.2) is 6.10 Å². The number of rotatable bonds is 3. The zero-order chi connectivity index (χ0) is 14.7. The van der Waals surface area contributed by atoms with Crippen LogP contribution in [0.5, 0.6) is 5.75 Å². The first-order valence-corrected chi connectivity index (χ1v) is 7.50. The van der Waals surface area contributed by atoms with Crippen LogP contribution in [0.2, 0.25) is 0 Å². The van der Waals surface area contributed by atoms with E-state index >= 15 is 0 Å². The van der Waals surface area contributed by atoms with E-state index in [1.165, 1.54) is 12.0 Å². The van der Waals surface area contributed by atoms with E-state index in [-0.39, 0.29) is 5.91 Å². The molecule has 2 atom stereocenters. The first-order valence-electron chi connectivity index (χ1n) is 7.50. The highest BCUT2D eigenvalue weighted by Crippen LogP contribution is 2.23. The fraction of sp³-hybridized carbons (Fsp3) is 0.588. The molecule has 1 amide bonds. The van der Waals surface area contributed by atoms with E-state index in [4.69, 9.17) is 4.74 Å². The van der Waals surface area contributed by atoms with E-state index in [2.05, 4.69) is 19.9 Å². The van der Waals surface area contributed by atoms with Gasteiger partial charge in [0.1, 0.15) is 5.75 Å². The van der Waals surface area contributed by atoms with Gasteiger partial charge in [-0.05, 0) is 56.7 Å². The highest BCUT2D eigenvalue weighted by molar-refractivity contribution is 5.81. The van der Waals surface area contributed by atoms with Gasteiger partial charge in [0.25, 0.3) is 5.91 Å². The van der Waals surface area contributed by atoms with Crippen LogP contribution in [0, 0.1) is 19.8 Å². The molecule has 1 saturated heterocycles. The second kappa shape index (κ2) is 6.29. The fourth-order valence-corrected chi connectivity index (χ4v) is 2.74. The average molecular weight is 275 g/mol. The Morgan fingerprint density at radius 2 is 2.15 bits per heavy atom. The zero-order valence-corrected chi connectivity index (χ0v) is 13.0. The minimum absolute atomic E-state index is 0.109. The summed E-state index contributed by atoms with van der Waals surface area (Å²) < 4.78 is 5.88. The maximum Gasteiger partial charge on any atom is 0.263 e. The molecule has 110 valence electrons. The number of aryl methyl sites for hydroxylation is 1. The Kier molecular flexibility index (Phi) is 4.69. The van der Waals surface area contributed by atoms with E-state index in [0.29, 0.717) is 5.92 Å². The van der Waals surface area contributed by atoms with Gasteiger partial charge in [-0.25, -0.2) is 0 Å². The smallest absolute Gasteiger partial charge is 0.263 e. The molecule has 0 N–H and O–H groups in total. The third kappa shape index (κ3) is 3.33. The number of hydrogen-bond donors (Lipinski definition) is 0. The maximum absolute atomic E-state index is 12.4. The number of hydrogen-bond acceptors (Lipinski definition) is 2. The SMILES string of the molecule is Cc1cccc(O[C@H](C)C(=O)N2CCC[C@@H](C)C2)c1C. The molecule has 3 nitrogen and oxygen atoms in total. The van der Waals surface area contributed by atoms with Crippen molar-refractivity contribution in [2.75, 3.05) is 13.1 Å². The molecule has 0 saturated carbocycles. The van der Waals surface area contributed by atoms with Crippen LogP contribution >= 0.6 is 0 Å². The van der Waals surface area contributed by atoms with Crippen LogP contribution in [-0.4, -0.2) is 30.0 Å². The molecule has 1 aliphatic rings. The Bertz CT molecular complexity index is 484. The number of amides is 1. The summed E-state index contributed by atoms with van der Waals surface area (Å²) in [6, 6.07) is 5.96. The zero-order valence-electron chi connectivity index (χ0n) is 13.0. The number of piperidine rings is 1. The van der Waals surface area contributed by atoms with Crippen LogP contribution in [0.3, 0.4) is 0 Å². The van der Waals surface area contributed by atoms with Gasteiger partial charge in [0.05, 0.1) is 0 Å². The molecule has 1 fully saturated rings. The second-order valence-corrected chi connectivity index (χ2v) is 5.99. The lowest BCUT2D eigenvalue weighted by molar-refractivity contribution is -0.139. The summed E-state index contributed by atoms with van der Waals surface area (Å²) >= 11 is 0. The third-order valence-electron chi connectivity index (χ3n) is 4.18. The van der Waals surface area contributed by atoms with Gasteiger partial charge < -0.3 is 9.64 Å². The van der Waals surface area contributed by atoms with E-state index in [1.807, 2.05) is 30.9 Å². The Labute approximate surface area is 121 Å². The van der Waals surface area contributed by atoms with E-state index in [9.17, 15) is 4.79 Å². The summed E-state index contributed by atoms with van der Waals surface area (Å²) in [4.78, 5) is 14.4. The monoisotopic (exact) mass is 275 g/mol. The normalized spacial score (nSPS) is 20.6. The first kappa shape index (κ1) is 14.9. The van der Waals surface area contributed by atoms with Crippen molar-refractivity contribution in [1.82, 2.24) is 4.90 Å². The fourth-order valence-electron chi connectivity index (χ4n) is 2.74. The lowest BCUT2D eigenvalue weighted by Gasteiger charge is -2.32. The Hall–Kier alpha value is -1.51. The lowest BCUT2D eigenvalue weighted by Crippen LogP contribution is -2.45. The average Bonchev–Trinajstić information content (AvgIpc) is 2.43. The van der Waals surface area contributed by atoms with Crippen molar-refractivity contribution in [3.8, 4) is 5.75 Å². The van der Waals surface area contributed by atoms with Crippen molar-refractivity contribution in [2.45, 2.75) is 46.6 Å². The highest BCUT2D eigenvalue weighted by atomic mass is 16.5. The second-order valence-electron chi connectivity index (χ2n) is 5.99. The summed E-state index contributed by atoms with van der Waals surface area (Å²) in [7, 11) is 0. The molecule has 2 rings (SSSR count). The van der Waals surface area contributed by atoms with Gasteiger partial charge in [-0.1, -0.05) is 19.1 Å². The van der Waals surface area contributed by atoms with Gasteiger partial charge in [0.2, 0.25) is 0 Å². The molecule has 1 heterocycles. The molecule has 0 aromatic heterocycles. The first-order chi connectivity index (χ1) is 9.49. The van der Waals surface area contributed by atoms with Gasteiger partial charge in [0, 0.05) is 13.1 Å². The number of benzene rings is 1. The van der Waals surface area contributed by atoms with Gasteiger partial charge in [-0.3, -0.25) is 4.79 Å². The molecule has 1 aromatic carbocycles. The maximum atomic E-state index is 12.4. The lowest BCUT2D eigenvalue weighted by atomic mass is 10.00. The quantitative estimate of drug-likeness (QED) is 0.847. The number of carbonyl (C=O) groups is 1. The molecule has 20 heavy (non-hydrogen) atoms. The summed E-state index contributed by atoms with van der Waals surface area (Å²) in [5.41, 5.74) is 2.30. The Morgan fingerprint density at radius 1 is 1.40 bits per heavy atom. The molecular weight excluding hydrogens is 250 g/mol. The van der Waals surface area contributed by atoms with Crippen LogP contribution < -0.4 is 4.74 Å². The van der Waals surface area contributed by atoms with Crippen LogP contribution in [0.25, 0.3) is 0 Å². The van der Waals surface area contributed by atoms with Crippen molar-refractivity contribution >= 4 is 5.91 Å². The summed E-state index contributed by atoms with van der Waals surface area (Å²) in [6.45, 7) is 9.87. The van der Waals surface area contributed by atoms with E-state index < -0.39 is 6.10 Å². The van der Waals surface area contributed by atoms with E-state index in [1.54, 1.807) is 0 Å². The van der Waals surface area contributed by atoms with Crippen molar-refractivity contribution in [3.63, 3.8) is 0 Å². The molecule has 0 spiro atoms. The van der Waals surface area contributed by atoms with Crippen LogP contribution in [-0.2, 0) is 4.79 Å². The number of ether oxygens (including phenoxy) is 1. The molecule has 0 unspecified atom stereocenters. The van der Waals surface area contributed by atoms with Crippen molar-refractivity contribution in [1.29, 1.82) is 0 Å². The van der Waals surface area contributed by atoms with Gasteiger partial charge in [-0.15, -0.1) is 0 Å². The van der Waals surface area contributed by atoms with Gasteiger partial charge in [-0.2, -0.15) is 0 Å². The Morgan fingerprint density at radius 3 is 2.85 bits per heavy atom. The molecule has 1 aliphatic heterocycles. The molecule has 3 heteroatoms. The van der Waals surface area contributed by atoms with E-state index in [0.717, 1.165) is 30.8 Å². The standard InChI is InChI=1S/C17H25NO2/c1-12-7-6-10-18(11-12)17(19)15(4)20-16-9-5-8-13(2)14(16)3/h5,8-9,12,15H,6-7,10-11H2,1-4H3/t12-,15-/m1/s1. The molecule has 1 aromatic rings. The molecule has 0 aliphatic carbocycles. The largest absolute Gasteiger partial charge is 0.481 e. The van der Waals surface area contributed by atoms with Crippen molar-refractivity contribution in [3.05, 3.63) is 29.3 Å². The van der Waals surface area contributed by atoms with Crippen molar-refractivity contribution in [2.24, 2.45) is 5.92 Å². The van der Waals surface area contributed by atoms with Crippen molar-refractivity contribution < 1.29 is 9.53 Å². The summed E-state index contributed by atoms with van der Waals surface area (Å²) in [5, 5.41) is 0.